The molecule has 3 nitrogen and oxygen atoms in total. The van der Waals surface area contributed by atoms with Crippen LogP contribution in [0, 0.1) is 0 Å². The molecule has 1 aliphatic heterocycles. The van der Waals surface area contributed by atoms with Gasteiger partial charge in [-0.25, -0.2) is 0 Å². The summed E-state index contributed by atoms with van der Waals surface area (Å²) in [6.07, 6.45) is 0.133. The highest BCUT2D eigenvalue weighted by atomic mass is 16.7. The minimum Gasteiger partial charge on any atom is -0.348 e. The molecular formula is C14H21NO2. The summed E-state index contributed by atoms with van der Waals surface area (Å²) in [5.74, 6) is -0.437. The lowest BCUT2D eigenvalue weighted by molar-refractivity contribution is -0.141. The third-order valence-electron chi connectivity index (χ3n) is 3.06. The molecule has 2 rings (SSSR count). The zero-order valence-electron chi connectivity index (χ0n) is 10.8. The van der Waals surface area contributed by atoms with Gasteiger partial charge in [0.05, 0.1) is 12.7 Å². The second-order valence-corrected chi connectivity index (χ2v) is 5.02. The monoisotopic (exact) mass is 235 g/mol. The highest BCUT2D eigenvalue weighted by Crippen LogP contribution is 2.24. The standard InChI is InChI=1S/C14H21NO2/c1-11(13-10-16-14(2,3)17-13)15-9-12-7-5-4-6-8-12/h4-8,11,13,15H,9-10H2,1-3H3/t11-,13?/m1/s1. The van der Waals surface area contributed by atoms with E-state index in [0.29, 0.717) is 6.61 Å². The highest BCUT2D eigenvalue weighted by molar-refractivity contribution is 5.14. The van der Waals surface area contributed by atoms with Gasteiger partial charge in [-0.1, -0.05) is 30.3 Å². The Kier molecular flexibility index (Phi) is 3.82. The molecule has 1 heterocycles. The minimum atomic E-state index is -0.437. The molecular weight excluding hydrogens is 214 g/mol. The van der Waals surface area contributed by atoms with Crippen molar-refractivity contribution in [1.29, 1.82) is 0 Å². The van der Waals surface area contributed by atoms with E-state index in [-0.39, 0.29) is 12.1 Å². The second kappa shape index (κ2) is 5.17. The Hall–Kier alpha value is -0.900. The molecule has 1 N–H and O–H groups in total. The summed E-state index contributed by atoms with van der Waals surface area (Å²) in [6, 6.07) is 10.7. The van der Waals surface area contributed by atoms with Crippen LogP contribution in [-0.2, 0) is 16.0 Å². The van der Waals surface area contributed by atoms with E-state index >= 15 is 0 Å². The fraction of sp³-hybridized carbons (Fsp3) is 0.571. The van der Waals surface area contributed by atoms with Crippen molar-refractivity contribution in [3.05, 3.63) is 35.9 Å². The van der Waals surface area contributed by atoms with Gasteiger partial charge in [-0.15, -0.1) is 0 Å². The zero-order valence-corrected chi connectivity index (χ0v) is 10.8. The van der Waals surface area contributed by atoms with Crippen LogP contribution >= 0.6 is 0 Å². The smallest absolute Gasteiger partial charge is 0.163 e. The maximum Gasteiger partial charge on any atom is 0.163 e. The quantitative estimate of drug-likeness (QED) is 0.868. The van der Waals surface area contributed by atoms with E-state index in [1.165, 1.54) is 5.56 Å². The summed E-state index contributed by atoms with van der Waals surface area (Å²) in [5, 5.41) is 3.47. The molecule has 0 aromatic heterocycles. The largest absolute Gasteiger partial charge is 0.348 e. The van der Waals surface area contributed by atoms with Crippen LogP contribution in [0.3, 0.4) is 0 Å². The molecule has 2 atom stereocenters. The summed E-state index contributed by atoms with van der Waals surface area (Å²) >= 11 is 0. The van der Waals surface area contributed by atoms with Crippen molar-refractivity contribution in [3.63, 3.8) is 0 Å². The van der Waals surface area contributed by atoms with Crippen molar-refractivity contribution < 1.29 is 9.47 Å². The summed E-state index contributed by atoms with van der Waals surface area (Å²) < 4.78 is 11.4. The number of hydrogen-bond acceptors (Lipinski definition) is 3. The minimum absolute atomic E-state index is 0.133. The molecule has 0 aliphatic carbocycles. The molecule has 0 amide bonds. The fourth-order valence-electron chi connectivity index (χ4n) is 1.97. The molecule has 17 heavy (non-hydrogen) atoms. The van der Waals surface area contributed by atoms with E-state index in [2.05, 4.69) is 36.5 Å². The average Bonchev–Trinajstić information content (AvgIpc) is 2.68. The Morgan fingerprint density at radius 1 is 1.35 bits per heavy atom. The van der Waals surface area contributed by atoms with E-state index in [9.17, 15) is 0 Å². The first-order valence-corrected chi connectivity index (χ1v) is 6.16. The first-order chi connectivity index (χ1) is 8.07. The van der Waals surface area contributed by atoms with E-state index in [1.807, 2.05) is 19.9 Å². The molecule has 1 aromatic carbocycles. The Morgan fingerprint density at radius 3 is 2.65 bits per heavy atom. The number of benzene rings is 1. The predicted octanol–water partition coefficient (Wildman–Crippen LogP) is 2.32. The van der Waals surface area contributed by atoms with Gasteiger partial charge in [-0.3, -0.25) is 0 Å². The third-order valence-corrected chi connectivity index (χ3v) is 3.06. The van der Waals surface area contributed by atoms with Crippen LogP contribution in [0.1, 0.15) is 26.3 Å². The molecule has 0 spiro atoms. The van der Waals surface area contributed by atoms with E-state index in [4.69, 9.17) is 9.47 Å². The van der Waals surface area contributed by atoms with Crippen molar-refractivity contribution in [3.8, 4) is 0 Å². The SMILES string of the molecule is C[C@@H](NCc1ccccc1)C1COC(C)(C)O1. The molecule has 1 saturated heterocycles. The Labute approximate surface area is 103 Å². The number of nitrogens with one attached hydrogen (secondary N) is 1. The molecule has 1 unspecified atom stereocenters. The van der Waals surface area contributed by atoms with Crippen LogP contribution in [0.4, 0.5) is 0 Å². The molecule has 0 radical (unpaired) electrons. The normalized spacial score (nSPS) is 24.8. The molecule has 0 saturated carbocycles. The second-order valence-electron chi connectivity index (χ2n) is 5.02. The summed E-state index contributed by atoms with van der Waals surface area (Å²) in [5.41, 5.74) is 1.29. The topological polar surface area (TPSA) is 30.5 Å². The number of hydrogen-bond donors (Lipinski definition) is 1. The van der Waals surface area contributed by atoms with Crippen LogP contribution in [0.5, 0.6) is 0 Å². The van der Waals surface area contributed by atoms with Gasteiger partial charge in [0.25, 0.3) is 0 Å². The lowest BCUT2D eigenvalue weighted by Crippen LogP contribution is -2.39. The Balaban J connectivity index is 1.80. The van der Waals surface area contributed by atoms with Gasteiger partial charge in [-0.05, 0) is 26.3 Å². The predicted molar refractivity (Wildman–Crippen MR) is 67.6 cm³/mol. The first kappa shape index (κ1) is 12.6. The van der Waals surface area contributed by atoms with Gasteiger partial charge in [0.2, 0.25) is 0 Å². The van der Waals surface area contributed by atoms with Gasteiger partial charge >= 0.3 is 0 Å². The number of ether oxygens (including phenoxy) is 2. The highest BCUT2D eigenvalue weighted by Gasteiger charge is 2.35. The van der Waals surface area contributed by atoms with Crippen molar-refractivity contribution in [1.82, 2.24) is 5.32 Å². The molecule has 1 aromatic rings. The van der Waals surface area contributed by atoms with Crippen molar-refractivity contribution in [2.75, 3.05) is 6.61 Å². The van der Waals surface area contributed by atoms with Crippen LogP contribution in [0.25, 0.3) is 0 Å². The van der Waals surface area contributed by atoms with Crippen LogP contribution in [0.2, 0.25) is 0 Å². The lowest BCUT2D eigenvalue weighted by Gasteiger charge is -2.22. The van der Waals surface area contributed by atoms with Crippen LogP contribution < -0.4 is 5.32 Å². The zero-order chi connectivity index (χ0) is 12.3. The third kappa shape index (κ3) is 3.53. The van der Waals surface area contributed by atoms with E-state index in [1.54, 1.807) is 0 Å². The van der Waals surface area contributed by atoms with Gasteiger partial charge in [0, 0.05) is 12.6 Å². The maximum absolute atomic E-state index is 5.81. The average molecular weight is 235 g/mol. The fourth-order valence-corrected chi connectivity index (χ4v) is 1.97. The molecule has 1 aliphatic rings. The molecule has 94 valence electrons. The van der Waals surface area contributed by atoms with Gasteiger partial charge < -0.3 is 14.8 Å². The first-order valence-electron chi connectivity index (χ1n) is 6.16. The van der Waals surface area contributed by atoms with Crippen LogP contribution in [-0.4, -0.2) is 24.5 Å². The van der Waals surface area contributed by atoms with Crippen molar-refractivity contribution >= 4 is 0 Å². The van der Waals surface area contributed by atoms with E-state index in [0.717, 1.165) is 6.54 Å². The van der Waals surface area contributed by atoms with Crippen molar-refractivity contribution in [2.45, 2.75) is 45.2 Å². The van der Waals surface area contributed by atoms with Gasteiger partial charge in [-0.2, -0.15) is 0 Å². The van der Waals surface area contributed by atoms with E-state index < -0.39 is 5.79 Å². The summed E-state index contributed by atoms with van der Waals surface area (Å²) in [4.78, 5) is 0. The Bertz CT molecular complexity index is 350. The van der Waals surface area contributed by atoms with Crippen LogP contribution in [0.15, 0.2) is 30.3 Å². The van der Waals surface area contributed by atoms with Crippen molar-refractivity contribution in [2.24, 2.45) is 0 Å². The van der Waals surface area contributed by atoms with Gasteiger partial charge in [0.1, 0.15) is 0 Å². The Morgan fingerprint density at radius 2 is 2.06 bits per heavy atom. The maximum atomic E-state index is 5.81. The number of rotatable bonds is 4. The molecule has 1 fully saturated rings. The van der Waals surface area contributed by atoms with Gasteiger partial charge in [0.15, 0.2) is 5.79 Å². The lowest BCUT2D eigenvalue weighted by atomic mass is 10.1. The molecule has 0 bridgehead atoms. The summed E-state index contributed by atoms with van der Waals surface area (Å²) in [7, 11) is 0. The molecule has 3 heteroatoms. The summed E-state index contributed by atoms with van der Waals surface area (Å²) in [6.45, 7) is 7.57.